The van der Waals surface area contributed by atoms with Crippen molar-refractivity contribution in [1.29, 1.82) is 0 Å². The topological polar surface area (TPSA) is 64.3 Å². The Morgan fingerprint density at radius 1 is 1.54 bits per heavy atom. The number of alkyl carbamates (subject to hydrolysis) is 1. The molecule has 1 amide bonds. The van der Waals surface area contributed by atoms with Crippen LogP contribution in [0.1, 0.15) is 34.1 Å². The highest BCUT2D eigenvalue weighted by Gasteiger charge is 2.16. The molecule has 0 unspecified atom stereocenters. The van der Waals surface area contributed by atoms with Gasteiger partial charge in [-0.15, -0.1) is 0 Å². The highest BCUT2D eigenvalue weighted by atomic mass is 16.6. The molecule has 0 saturated heterocycles. The molecule has 0 aromatic carbocycles. The second-order valence-corrected chi connectivity index (χ2v) is 4.12. The molecule has 78 valence electrons. The Balaban J connectivity index is 3.74. The van der Waals surface area contributed by atoms with Crippen LogP contribution < -0.4 is 11.1 Å². The fourth-order valence-electron chi connectivity index (χ4n) is 0.831. The standard InChI is InChI=1S/C9H20N2O2/c1-7(5-6-10)11-8(12)13-9(2,3)4/h7H,5-6,10H2,1-4H3,(H,11,12)/t7-/m0/s1. The first kappa shape index (κ1) is 12.2. The van der Waals surface area contributed by atoms with Crippen molar-refractivity contribution in [3.8, 4) is 0 Å². The number of ether oxygens (including phenoxy) is 1. The smallest absolute Gasteiger partial charge is 0.407 e. The molecule has 0 heterocycles. The van der Waals surface area contributed by atoms with Gasteiger partial charge in [-0.3, -0.25) is 0 Å². The van der Waals surface area contributed by atoms with E-state index in [2.05, 4.69) is 5.32 Å². The Labute approximate surface area is 79.8 Å². The van der Waals surface area contributed by atoms with E-state index in [1.807, 2.05) is 27.7 Å². The molecule has 0 rings (SSSR count). The van der Waals surface area contributed by atoms with Crippen molar-refractivity contribution in [1.82, 2.24) is 5.32 Å². The van der Waals surface area contributed by atoms with Crippen LogP contribution in [0.3, 0.4) is 0 Å². The van der Waals surface area contributed by atoms with Crippen molar-refractivity contribution in [2.24, 2.45) is 5.73 Å². The molecule has 0 aromatic rings. The SMILES string of the molecule is C[C@@H](CCN)NC(=O)OC(C)(C)C. The Bertz CT molecular complexity index is 163. The summed E-state index contributed by atoms with van der Waals surface area (Å²) in [6.07, 6.45) is 0.382. The minimum atomic E-state index is -0.438. The second-order valence-electron chi connectivity index (χ2n) is 4.12. The van der Waals surface area contributed by atoms with Crippen LogP contribution in [-0.4, -0.2) is 24.3 Å². The molecule has 0 radical (unpaired) electrons. The van der Waals surface area contributed by atoms with Gasteiger partial charge in [-0.05, 0) is 40.7 Å². The monoisotopic (exact) mass is 188 g/mol. The zero-order valence-electron chi connectivity index (χ0n) is 8.89. The molecule has 0 fully saturated rings. The molecular weight excluding hydrogens is 168 g/mol. The van der Waals surface area contributed by atoms with Crippen molar-refractivity contribution in [3.63, 3.8) is 0 Å². The van der Waals surface area contributed by atoms with Crippen LogP contribution in [-0.2, 0) is 4.74 Å². The molecule has 0 aliphatic heterocycles. The van der Waals surface area contributed by atoms with Crippen molar-refractivity contribution >= 4 is 6.09 Å². The Morgan fingerprint density at radius 3 is 2.46 bits per heavy atom. The lowest BCUT2D eigenvalue weighted by Gasteiger charge is -2.21. The van der Waals surface area contributed by atoms with E-state index in [1.54, 1.807) is 0 Å². The summed E-state index contributed by atoms with van der Waals surface area (Å²) in [7, 11) is 0. The Morgan fingerprint density at radius 2 is 2.08 bits per heavy atom. The highest BCUT2D eigenvalue weighted by molar-refractivity contribution is 5.67. The summed E-state index contributed by atoms with van der Waals surface area (Å²) in [4.78, 5) is 11.2. The second kappa shape index (κ2) is 5.07. The first-order chi connectivity index (χ1) is 5.85. The summed E-state index contributed by atoms with van der Waals surface area (Å²) >= 11 is 0. The third-order valence-corrected chi connectivity index (χ3v) is 1.36. The Hall–Kier alpha value is -0.770. The van der Waals surface area contributed by atoms with E-state index in [1.165, 1.54) is 0 Å². The maximum Gasteiger partial charge on any atom is 0.407 e. The van der Waals surface area contributed by atoms with Crippen LogP contribution in [0.2, 0.25) is 0 Å². The first-order valence-corrected chi connectivity index (χ1v) is 4.54. The van der Waals surface area contributed by atoms with Crippen LogP contribution >= 0.6 is 0 Å². The van der Waals surface area contributed by atoms with E-state index in [9.17, 15) is 4.79 Å². The van der Waals surface area contributed by atoms with Gasteiger partial charge in [-0.25, -0.2) is 4.79 Å². The molecule has 1 atom stereocenters. The maximum absolute atomic E-state index is 11.2. The van der Waals surface area contributed by atoms with Gasteiger partial charge in [0.2, 0.25) is 0 Å². The van der Waals surface area contributed by atoms with Gasteiger partial charge in [-0.2, -0.15) is 0 Å². The summed E-state index contributed by atoms with van der Waals surface area (Å²) in [5, 5.41) is 2.70. The molecule has 0 spiro atoms. The fourth-order valence-corrected chi connectivity index (χ4v) is 0.831. The van der Waals surface area contributed by atoms with Gasteiger partial charge in [0, 0.05) is 6.04 Å². The number of carbonyl (C=O) groups is 1. The molecule has 0 saturated carbocycles. The van der Waals surface area contributed by atoms with E-state index >= 15 is 0 Å². The van der Waals surface area contributed by atoms with Crippen LogP contribution in [0.5, 0.6) is 0 Å². The van der Waals surface area contributed by atoms with Gasteiger partial charge in [0.15, 0.2) is 0 Å². The number of hydrogen-bond donors (Lipinski definition) is 2. The normalized spacial score (nSPS) is 13.6. The summed E-state index contributed by atoms with van der Waals surface area (Å²) in [6.45, 7) is 7.97. The third-order valence-electron chi connectivity index (χ3n) is 1.36. The molecule has 4 heteroatoms. The van der Waals surface area contributed by atoms with E-state index in [-0.39, 0.29) is 12.1 Å². The molecule has 0 aliphatic carbocycles. The van der Waals surface area contributed by atoms with Crippen LogP contribution in [0.15, 0.2) is 0 Å². The summed E-state index contributed by atoms with van der Waals surface area (Å²) < 4.78 is 5.06. The van der Waals surface area contributed by atoms with Crippen molar-refractivity contribution in [2.75, 3.05) is 6.54 Å². The number of nitrogens with two attached hydrogens (primary N) is 1. The van der Waals surface area contributed by atoms with Gasteiger partial charge in [0.1, 0.15) is 5.60 Å². The van der Waals surface area contributed by atoms with E-state index in [0.717, 1.165) is 6.42 Å². The third kappa shape index (κ3) is 7.59. The highest BCUT2D eigenvalue weighted by Crippen LogP contribution is 2.06. The van der Waals surface area contributed by atoms with Crippen LogP contribution in [0.25, 0.3) is 0 Å². The molecule has 13 heavy (non-hydrogen) atoms. The fraction of sp³-hybridized carbons (Fsp3) is 0.889. The largest absolute Gasteiger partial charge is 0.444 e. The number of rotatable bonds is 3. The van der Waals surface area contributed by atoms with Gasteiger partial charge in [0.25, 0.3) is 0 Å². The van der Waals surface area contributed by atoms with Crippen molar-refractivity contribution in [2.45, 2.75) is 45.8 Å². The van der Waals surface area contributed by atoms with Gasteiger partial charge < -0.3 is 15.8 Å². The first-order valence-electron chi connectivity index (χ1n) is 4.54. The molecule has 3 N–H and O–H groups in total. The van der Waals surface area contributed by atoms with Crippen molar-refractivity contribution in [3.05, 3.63) is 0 Å². The minimum Gasteiger partial charge on any atom is -0.444 e. The van der Waals surface area contributed by atoms with E-state index in [4.69, 9.17) is 10.5 Å². The molecule has 0 aromatic heterocycles. The summed E-state index contributed by atoms with van der Waals surface area (Å²) in [5.41, 5.74) is 4.90. The van der Waals surface area contributed by atoms with E-state index < -0.39 is 5.60 Å². The molecule has 0 aliphatic rings. The molecule has 4 nitrogen and oxygen atoms in total. The predicted molar refractivity (Wildman–Crippen MR) is 52.5 cm³/mol. The van der Waals surface area contributed by atoms with Gasteiger partial charge in [-0.1, -0.05) is 0 Å². The zero-order valence-corrected chi connectivity index (χ0v) is 8.89. The van der Waals surface area contributed by atoms with Crippen LogP contribution in [0, 0.1) is 0 Å². The molecular formula is C9H20N2O2. The molecule has 0 bridgehead atoms. The Kier molecular flexibility index (Phi) is 4.77. The summed E-state index contributed by atoms with van der Waals surface area (Å²) in [5.74, 6) is 0. The minimum absolute atomic E-state index is 0.0693. The number of hydrogen-bond acceptors (Lipinski definition) is 3. The lowest BCUT2D eigenvalue weighted by Crippen LogP contribution is -2.38. The lowest BCUT2D eigenvalue weighted by molar-refractivity contribution is 0.0507. The zero-order chi connectivity index (χ0) is 10.5. The average molecular weight is 188 g/mol. The van der Waals surface area contributed by atoms with Gasteiger partial charge in [0.05, 0.1) is 0 Å². The lowest BCUT2D eigenvalue weighted by atomic mass is 10.2. The number of amides is 1. The van der Waals surface area contributed by atoms with Crippen LogP contribution in [0.4, 0.5) is 4.79 Å². The van der Waals surface area contributed by atoms with Gasteiger partial charge >= 0.3 is 6.09 Å². The predicted octanol–water partition coefficient (Wildman–Crippen LogP) is 1.25. The van der Waals surface area contributed by atoms with E-state index in [0.29, 0.717) is 6.54 Å². The number of carbonyl (C=O) groups excluding carboxylic acids is 1. The maximum atomic E-state index is 11.2. The summed E-state index contributed by atoms with van der Waals surface area (Å²) in [6, 6.07) is 0.0693. The number of nitrogens with one attached hydrogen (secondary N) is 1. The average Bonchev–Trinajstić information content (AvgIpc) is 1.81. The van der Waals surface area contributed by atoms with Crippen molar-refractivity contribution < 1.29 is 9.53 Å². The quantitative estimate of drug-likeness (QED) is 0.700.